The molecule has 0 radical (unpaired) electrons. The zero-order valence-corrected chi connectivity index (χ0v) is 13.8. The van der Waals surface area contributed by atoms with Gasteiger partial charge in [0.15, 0.2) is 0 Å². The third-order valence-electron chi connectivity index (χ3n) is 3.65. The monoisotopic (exact) mass is 340 g/mol. The van der Waals surface area contributed by atoms with Gasteiger partial charge in [-0.05, 0) is 36.8 Å². The summed E-state index contributed by atoms with van der Waals surface area (Å²) in [6.45, 7) is 3.29. The summed E-state index contributed by atoms with van der Waals surface area (Å²) in [6.07, 6.45) is 1.78. The van der Waals surface area contributed by atoms with Crippen molar-refractivity contribution in [1.82, 2.24) is 9.38 Å². The van der Waals surface area contributed by atoms with Crippen molar-refractivity contribution in [3.05, 3.63) is 59.8 Å². The van der Waals surface area contributed by atoms with E-state index in [9.17, 15) is 14.0 Å². The van der Waals surface area contributed by atoms with Crippen molar-refractivity contribution < 1.29 is 14.0 Å². The first-order valence-electron chi connectivity index (χ1n) is 7.83. The van der Waals surface area contributed by atoms with E-state index < -0.39 is 11.7 Å². The van der Waals surface area contributed by atoms with Crippen LogP contribution in [-0.2, 0) is 11.2 Å². The van der Waals surface area contributed by atoms with Gasteiger partial charge in [0, 0.05) is 24.5 Å². The van der Waals surface area contributed by atoms with Crippen LogP contribution in [0.1, 0.15) is 30.0 Å². The number of nitrogens with zero attached hydrogens (tertiary/aromatic N) is 2. The molecule has 0 unspecified atom stereocenters. The number of anilines is 2. The molecule has 2 amide bonds. The topological polar surface area (TPSA) is 75.5 Å². The molecule has 25 heavy (non-hydrogen) atoms. The van der Waals surface area contributed by atoms with Crippen molar-refractivity contribution in [3.8, 4) is 0 Å². The number of aromatic nitrogens is 2. The quantitative estimate of drug-likeness (QED) is 0.765. The molecule has 0 atom stereocenters. The van der Waals surface area contributed by atoms with Crippen LogP contribution in [0, 0.1) is 5.82 Å². The Bertz CT molecular complexity index is 965. The fraction of sp³-hybridized carbons (Fsp3) is 0.167. The van der Waals surface area contributed by atoms with Crippen molar-refractivity contribution >= 4 is 28.8 Å². The number of aryl methyl sites for hydroxylation is 1. The van der Waals surface area contributed by atoms with Crippen molar-refractivity contribution in [1.29, 1.82) is 0 Å². The molecule has 0 aliphatic carbocycles. The van der Waals surface area contributed by atoms with Crippen LogP contribution in [0.2, 0.25) is 0 Å². The predicted molar refractivity (Wildman–Crippen MR) is 93.2 cm³/mol. The van der Waals surface area contributed by atoms with E-state index in [0.717, 1.165) is 0 Å². The van der Waals surface area contributed by atoms with E-state index in [4.69, 9.17) is 0 Å². The molecular formula is C18H17FN4O2. The highest BCUT2D eigenvalue weighted by Gasteiger charge is 2.19. The smallest absolute Gasteiger partial charge is 0.274 e. The molecule has 2 heterocycles. The van der Waals surface area contributed by atoms with E-state index in [-0.39, 0.29) is 5.91 Å². The number of fused-ring (bicyclic) bond motifs is 1. The maximum absolute atomic E-state index is 13.6. The summed E-state index contributed by atoms with van der Waals surface area (Å²) in [7, 11) is 0. The second-order valence-corrected chi connectivity index (χ2v) is 5.55. The summed E-state index contributed by atoms with van der Waals surface area (Å²) >= 11 is 0. The number of pyridine rings is 1. The highest BCUT2D eigenvalue weighted by molar-refractivity contribution is 6.05. The second kappa shape index (κ2) is 6.72. The van der Waals surface area contributed by atoms with Gasteiger partial charge < -0.3 is 10.6 Å². The summed E-state index contributed by atoms with van der Waals surface area (Å²) in [5, 5.41) is 5.43. The molecule has 2 aromatic heterocycles. The number of rotatable bonds is 4. The Hall–Kier alpha value is -3.22. The number of carbonyl (C=O) groups is 2. The lowest BCUT2D eigenvalue weighted by atomic mass is 10.2. The molecule has 0 saturated carbocycles. The summed E-state index contributed by atoms with van der Waals surface area (Å²) in [5.74, 6) is -1.04. The van der Waals surface area contributed by atoms with E-state index in [2.05, 4.69) is 15.6 Å². The van der Waals surface area contributed by atoms with Crippen LogP contribution >= 0.6 is 0 Å². The number of carbonyl (C=O) groups excluding carboxylic acids is 2. The molecular weight excluding hydrogens is 323 g/mol. The lowest BCUT2D eigenvalue weighted by Gasteiger charge is -2.09. The molecule has 6 nitrogen and oxygen atoms in total. The molecule has 3 rings (SSSR count). The minimum atomic E-state index is -0.450. The third kappa shape index (κ3) is 3.50. The summed E-state index contributed by atoms with van der Waals surface area (Å²) in [5.41, 5.74) is 2.48. The molecule has 2 N–H and O–H groups in total. The van der Waals surface area contributed by atoms with E-state index in [0.29, 0.717) is 34.8 Å². The van der Waals surface area contributed by atoms with Crippen molar-refractivity contribution in [2.24, 2.45) is 0 Å². The van der Waals surface area contributed by atoms with E-state index in [1.165, 1.54) is 29.7 Å². The van der Waals surface area contributed by atoms with Gasteiger partial charge in [-0.3, -0.25) is 14.0 Å². The number of amides is 2. The van der Waals surface area contributed by atoms with Gasteiger partial charge in [-0.15, -0.1) is 0 Å². The Kier molecular flexibility index (Phi) is 4.47. The molecule has 0 spiro atoms. The largest absolute Gasteiger partial charge is 0.326 e. The molecule has 0 saturated heterocycles. The molecule has 128 valence electrons. The standard InChI is InChI=1S/C18H17FN4O2/c1-3-15-17(23-10-12(19)7-8-16(23)22-15)18(25)21-14-6-4-5-13(9-14)20-11(2)24/h4-10H,3H2,1-2H3,(H,20,24)(H,21,25). The lowest BCUT2D eigenvalue weighted by molar-refractivity contribution is -0.114. The minimum Gasteiger partial charge on any atom is -0.326 e. The maximum atomic E-state index is 13.6. The maximum Gasteiger partial charge on any atom is 0.274 e. The molecule has 0 aliphatic rings. The average Bonchev–Trinajstić information content (AvgIpc) is 2.92. The molecule has 0 aliphatic heterocycles. The number of nitrogens with one attached hydrogen (secondary N) is 2. The SMILES string of the molecule is CCc1nc2ccc(F)cn2c1C(=O)Nc1cccc(NC(C)=O)c1. The van der Waals surface area contributed by atoms with Crippen molar-refractivity contribution in [2.75, 3.05) is 10.6 Å². The van der Waals surface area contributed by atoms with E-state index in [1.807, 2.05) is 6.92 Å². The number of hydrogen-bond donors (Lipinski definition) is 2. The Morgan fingerprint density at radius 1 is 1.16 bits per heavy atom. The Morgan fingerprint density at radius 3 is 2.56 bits per heavy atom. The molecule has 0 bridgehead atoms. The lowest BCUT2D eigenvalue weighted by Crippen LogP contribution is -2.16. The summed E-state index contributed by atoms with van der Waals surface area (Å²) < 4.78 is 15.0. The first kappa shape index (κ1) is 16.6. The van der Waals surface area contributed by atoms with Crippen molar-refractivity contribution in [3.63, 3.8) is 0 Å². The Labute approximate surface area is 143 Å². The van der Waals surface area contributed by atoms with Crippen LogP contribution < -0.4 is 10.6 Å². The van der Waals surface area contributed by atoms with Gasteiger partial charge >= 0.3 is 0 Å². The second-order valence-electron chi connectivity index (χ2n) is 5.55. The zero-order chi connectivity index (χ0) is 18.0. The molecule has 0 fully saturated rings. The van der Waals surface area contributed by atoms with Crippen LogP contribution in [0.5, 0.6) is 0 Å². The Morgan fingerprint density at radius 2 is 1.88 bits per heavy atom. The molecule has 1 aromatic carbocycles. The van der Waals surface area contributed by atoms with E-state index >= 15 is 0 Å². The normalized spacial score (nSPS) is 10.7. The van der Waals surface area contributed by atoms with Gasteiger partial charge in [-0.25, -0.2) is 9.37 Å². The van der Waals surface area contributed by atoms with Gasteiger partial charge in [0.05, 0.1) is 5.69 Å². The highest BCUT2D eigenvalue weighted by atomic mass is 19.1. The number of benzene rings is 1. The van der Waals surface area contributed by atoms with Crippen LogP contribution in [0.3, 0.4) is 0 Å². The molecule has 7 heteroatoms. The number of halogens is 1. The van der Waals surface area contributed by atoms with E-state index in [1.54, 1.807) is 24.3 Å². The summed E-state index contributed by atoms with van der Waals surface area (Å²) in [6, 6.07) is 9.63. The minimum absolute atomic E-state index is 0.200. The van der Waals surface area contributed by atoms with Gasteiger partial charge in [0.25, 0.3) is 5.91 Å². The van der Waals surface area contributed by atoms with Gasteiger partial charge in [-0.2, -0.15) is 0 Å². The first-order valence-corrected chi connectivity index (χ1v) is 7.83. The van der Waals surface area contributed by atoms with Gasteiger partial charge in [0.2, 0.25) is 5.91 Å². The number of hydrogen-bond acceptors (Lipinski definition) is 3. The molecule has 3 aromatic rings. The highest BCUT2D eigenvalue weighted by Crippen LogP contribution is 2.19. The first-order chi connectivity index (χ1) is 12.0. The summed E-state index contributed by atoms with van der Waals surface area (Å²) in [4.78, 5) is 28.3. The van der Waals surface area contributed by atoms with Crippen molar-refractivity contribution in [2.45, 2.75) is 20.3 Å². The predicted octanol–water partition coefficient (Wildman–Crippen LogP) is 3.25. The van der Waals surface area contributed by atoms with Gasteiger partial charge in [-0.1, -0.05) is 13.0 Å². The van der Waals surface area contributed by atoms with Crippen LogP contribution in [-0.4, -0.2) is 21.2 Å². The van der Waals surface area contributed by atoms with Crippen LogP contribution in [0.15, 0.2) is 42.6 Å². The zero-order valence-electron chi connectivity index (χ0n) is 13.8. The van der Waals surface area contributed by atoms with Gasteiger partial charge in [0.1, 0.15) is 17.2 Å². The van der Waals surface area contributed by atoms with Crippen LogP contribution in [0.25, 0.3) is 5.65 Å². The Balaban J connectivity index is 1.95. The third-order valence-corrected chi connectivity index (χ3v) is 3.65. The van der Waals surface area contributed by atoms with Crippen LogP contribution in [0.4, 0.5) is 15.8 Å². The average molecular weight is 340 g/mol. The fourth-order valence-corrected chi connectivity index (χ4v) is 2.62. The fourth-order valence-electron chi connectivity index (χ4n) is 2.62. The number of imidazole rings is 1.